The largest absolute Gasteiger partial charge is 0.463 e. The fourth-order valence-electron chi connectivity index (χ4n) is 1.37. The average Bonchev–Trinajstić information content (AvgIpc) is 2.28. The molecular formula is C12H25NO4. The molecule has 0 aromatic rings. The Hall–Kier alpha value is -0.650. The lowest BCUT2D eigenvalue weighted by Crippen LogP contribution is -2.25. The Balaban J connectivity index is 3.27. The summed E-state index contributed by atoms with van der Waals surface area (Å²) in [5.74, 6) is -0.244. The smallest absolute Gasteiger partial charge is 0.307 e. The molecule has 0 aliphatic carbocycles. The highest BCUT2D eigenvalue weighted by Crippen LogP contribution is 1.99. The molecule has 0 radical (unpaired) electrons. The Kier molecular flexibility index (Phi) is 11.4. The SMILES string of the molecule is CCCC(N)CC(=O)OCCOCCCOC. The van der Waals surface area contributed by atoms with Gasteiger partial charge in [-0.15, -0.1) is 0 Å². The Labute approximate surface area is 104 Å². The zero-order valence-corrected chi connectivity index (χ0v) is 10.9. The molecule has 0 saturated heterocycles. The summed E-state index contributed by atoms with van der Waals surface area (Å²) in [6, 6.07) is -0.0879. The van der Waals surface area contributed by atoms with Crippen LogP contribution in [0.1, 0.15) is 32.6 Å². The van der Waals surface area contributed by atoms with Gasteiger partial charge in [0, 0.05) is 26.4 Å². The zero-order valence-electron chi connectivity index (χ0n) is 10.9. The normalized spacial score (nSPS) is 12.4. The van der Waals surface area contributed by atoms with Crippen LogP contribution >= 0.6 is 0 Å². The summed E-state index contributed by atoms with van der Waals surface area (Å²) in [4.78, 5) is 11.3. The second-order valence-electron chi connectivity index (χ2n) is 3.93. The lowest BCUT2D eigenvalue weighted by molar-refractivity contribution is -0.145. The summed E-state index contributed by atoms with van der Waals surface area (Å²) >= 11 is 0. The van der Waals surface area contributed by atoms with Crippen molar-refractivity contribution in [3.63, 3.8) is 0 Å². The first-order chi connectivity index (χ1) is 8.20. The summed E-state index contributed by atoms with van der Waals surface area (Å²) in [5, 5.41) is 0. The van der Waals surface area contributed by atoms with Crippen LogP contribution in [0, 0.1) is 0 Å². The number of rotatable bonds is 11. The minimum Gasteiger partial charge on any atom is -0.463 e. The fraction of sp³-hybridized carbons (Fsp3) is 0.917. The molecule has 0 saturated carbocycles. The Morgan fingerprint density at radius 3 is 2.65 bits per heavy atom. The topological polar surface area (TPSA) is 70.8 Å². The second kappa shape index (κ2) is 11.8. The number of carbonyl (C=O) groups excluding carboxylic acids is 1. The number of ether oxygens (including phenoxy) is 3. The predicted molar refractivity (Wildman–Crippen MR) is 65.8 cm³/mol. The molecule has 0 aliphatic rings. The van der Waals surface area contributed by atoms with E-state index < -0.39 is 0 Å². The lowest BCUT2D eigenvalue weighted by atomic mass is 10.1. The van der Waals surface area contributed by atoms with Gasteiger partial charge in [-0.2, -0.15) is 0 Å². The number of esters is 1. The van der Waals surface area contributed by atoms with Crippen LogP contribution in [-0.2, 0) is 19.0 Å². The first kappa shape index (κ1) is 16.4. The van der Waals surface area contributed by atoms with Crippen molar-refractivity contribution in [2.75, 3.05) is 33.5 Å². The van der Waals surface area contributed by atoms with Gasteiger partial charge in [0.1, 0.15) is 6.61 Å². The third-order valence-electron chi connectivity index (χ3n) is 2.22. The van der Waals surface area contributed by atoms with Crippen molar-refractivity contribution in [2.45, 2.75) is 38.6 Å². The number of nitrogens with two attached hydrogens (primary N) is 1. The Morgan fingerprint density at radius 2 is 2.00 bits per heavy atom. The standard InChI is InChI=1S/C12H25NO4/c1-3-5-11(13)10-12(14)17-9-8-16-7-4-6-15-2/h11H,3-10,13H2,1-2H3. The average molecular weight is 247 g/mol. The third-order valence-corrected chi connectivity index (χ3v) is 2.22. The number of hydrogen-bond acceptors (Lipinski definition) is 5. The van der Waals surface area contributed by atoms with Crippen LogP contribution in [0.15, 0.2) is 0 Å². The zero-order chi connectivity index (χ0) is 12.9. The van der Waals surface area contributed by atoms with Crippen LogP contribution in [0.25, 0.3) is 0 Å². The quantitative estimate of drug-likeness (QED) is 0.437. The Morgan fingerprint density at radius 1 is 1.24 bits per heavy atom. The van der Waals surface area contributed by atoms with Crippen LogP contribution in [0.3, 0.4) is 0 Å². The molecule has 1 unspecified atom stereocenters. The molecule has 0 rings (SSSR count). The van der Waals surface area contributed by atoms with Crippen molar-refractivity contribution < 1.29 is 19.0 Å². The molecular weight excluding hydrogens is 222 g/mol. The molecule has 0 heterocycles. The van der Waals surface area contributed by atoms with Crippen molar-refractivity contribution in [3.8, 4) is 0 Å². The van der Waals surface area contributed by atoms with Gasteiger partial charge in [0.2, 0.25) is 0 Å². The lowest BCUT2D eigenvalue weighted by Gasteiger charge is -2.10. The van der Waals surface area contributed by atoms with Crippen LogP contribution in [-0.4, -0.2) is 45.5 Å². The Bertz CT molecular complexity index is 187. The van der Waals surface area contributed by atoms with E-state index in [0.717, 1.165) is 19.3 Å². The van der Waals surface area contributed by atoms with Crippen molar-refractivity contribution in [1.82, 2.24) is 0 Å². The first-order valence-corrected chi connectivity index (χ1v) is 6.18. The van der Waals surface area contributed by atoms with E-state index in [1.807, 2.05) is 6.92 Å². The van der Waals surface area contributed by atoms with Crippen molar-refractivity contribution in [1.29, 1.82) is 0 Å². The van der Waals surface area contributed by atoms with Gasteiger partial charge in [-0.05, 0) is 12.8 Å². The fourth-order valence-corrected chi connectivity index (χ4v) is 1.37. The molecule has 0 aromatic heterocycles. The summed E-state index contributed by atoms with van der Waals surface area (Å²) in [6.07, 6.45) is 2.98. The summed E-state index contributed by atoms with van der Waals surface area (Å²) in [5.41, 5.74) is 5.72. The minimum absolute atomic E-state index is 0.0879. The van der Waals surface area contributed by atoms with Gasteiger partial charge in [-0.1, -0.05) is 13.3 Å². The van der Waals surface area contributed by atoms with Gasteiger partial charge in [-0.3, -0.25) is 4.79 Å². The van der Waals surface area contributed by atoms with E-state index in [1.54, 1.807) is 7.11 Å². The van der Waals surface area contributed by atoms with Crippen LogP contribution in [0.2, 0.25) is 0 Å². The van der Waals surface area contributed by atoms with E-state index in [2.05, 4.69) is 0 Å². The highest BCUT2D eigenvalue weighted by Gasteiger charge is 2.09. The number of methoxy groups -OCH3 is 1. The van der Waals surface area contributed by atoms with E-state index in [1.165, 1.54) is 0 Å². The van der Waals surface area contributed by atoms with Gasteiger partial charge >= 0.3 is 5.97 Å². The van der Waals surface area contributed by atoms with E-state index in [4.69, 9.17) is 19.9 Å². The monoisotopic (exact) mass is 247 g/mol. The van der Waals surface area contributed by atoms with E-state index in [9.17, 15) is 4.79 Å². The predicted octanol–water partition coefficient (Wildman–Crippen LogP) is 1.10. The summed E-state index contributed by atoms with van der Waals surface area (Å²) in [6.45, 7) is 4.08. The minimum atomic E-state index is -0.244. The van der Waals surface area contributed by atoms with Gasteiger partial charge in [-0.25, -0.2) is 0 Å². The van der Waals surface area contributed by atoms with E-state index in [-0.39, 0.29) is 18.4 Å². The van der Waals surface area contributed by atoms with Crippen molar-refractivity contribution in [2.24, 2.45) is 5.73 Å². The van der Waals surface area contributed by atoms with Gasteiger partial charge < -0.3 is 19.9 Å². The maximum atomic E-state index is 11.3. The molecule has 0 aromatic carbocycles. The molecule has 17 heavy (non-hydrogen) atoms. The third kappa shape index (κ3) is 11.6. The van der Waals surface area contributed by atoms with Crippen molar-refractivity contribution >= 4 is 5.97 Å². The second-order valence-corrected chi connectivity index (χ2v) is 3.93. The van der Waals surface area contributed by atoms with E-state index >= 15 is 0 Å². The molecule has 0 aliphatic heterocycles. The molecule has 0 amide bonds. The highest BCUT2D eigenvalue weighted by molar-refractivity contribution is 5.70. The molecule has 1 atom stereocenters. The first-order valence-electron chi connectivity index (χ1n) is 6.18. The molecule has 0 fully saturated rings. The molecule has 2 N–H and O–H groups in total. The maximum Gasteiger partial charge on any atom is 0.307 e. The molecule has 0 spiro atoms. The van der Waals surface area contributed by atoms with Gasteiger partial charge in [0.25, 0.3) is 0 Å². The molecule has 5 heteroatoms. The number of carbonyl (C=O) groups is 1. The number of hydrogen-bond donors (Lipinski definition) is 1. The van der Waals surface area contributed by atoms with Crippen molar-refractivity contribution in [3.05, 3.63) is 0 Å². The van der Waals surface area contributed by atoms with Gasteiger partial charge in [0.05, 0.1) is 13.0 Å². The summed E-state index contributed by atoms with van der Waals surface area (Å²) < 4.78 is 15.1. The summed E-state index contributed by atoms with van der Waals surface area (Å²) in [7, 11) is 1.65. The van der Waals surface area contributed by atoms with Crippen LogP contribution in [0.4, 0.5) is 0 Å². The molecule has 102 valence electrons. The maximum absolute atomic E-state index is 11.3. The van der Waals surface area contributed by atoms with E-state index in [0.29, 0.717) is 26.4 Å². The molecule has 5 nitrogen and oxygen atoms in total. The highest BCUT2D eigenvalue weighted by atomic mass is 16.6. The molecule has 0 bridgehead atoms. The van der Waals surface area contributed by atoms with Crippen LogP contribution < -0.4 is 5.73 Å². The van der Waals surface area contributed by atoms with Gasteiger partial charge in [0.15, 0.2) is 0 Å². The van der Waals surface area contributed by atoms with Crippen LogP contribution in [0.5, 0.6) is 0 Å².